The number of aromatic hydroxyl groups is 2. The molecule has 2 rings (SSSR count). The number of phenols is 2. The minimum absolute atomic E-state index is 0.00254. The van der Waals surface area contributed by atoms with Crippen LogP contribution in [0.2, 0.25) is 0 Å². The highest BCUT2D eigenvalue weighted by Crippen LogP contribution is 2.29. The second kappa shape index (κ2) is 10.0. The molecule has 0 unspecified atom stereocenters. The Morgan fingerprint density at radius 2 is 1.78 bits per heavy atom. The lowest BCUT2D eigenvalue weighted by Gasteiger charge is -2.08. The molecule has 144 valence electrons. The molecule has 0 aliphatic rings. The summed E-state index contributed by atoms with van der Waals surface area (Å²) in [6.45, 7) is 0.255. The van der Waals surface area contributed by atoms with E-state index >= 15 is 0 Å². The highest BCUT2D eigenvalue weighted by atomic mass is 17.2. The van der Waals surface area contributed by atoms with Gasteiger partial charge in [-0.15, -0.1) is 0 Å². The van der Waals surface area contributed by atoms with Crippen molar-refractivity contribution in [3.05, 3.63) is 42.0 Å². The Hall–Kier alpha value is -3.26. The number of rotatable bonds is 10. The number of hydrogen-bond donors (Lipinski definition) is 2. The summed E-state index contributed by atoms with van der Waals surface area (Å²) in [5.41, 5.74) is 0.0525. The fraction of sp³-hybridized carbons (Fsp3) is 0.263. The van der Waals surface area contributed by atoms with E-state index in [1.807, 2.05) is 0 Å². The Labute approximate surface area is 155 Å². The number of aldehydes is 1. The number of esters is 1. The van der Waals surface area contributed by atoms with Crippen LogP contribution < -0.4 is 14.4 Å². The van der Waals surface area contributed by atoms with Crippen molar-refractivity contribution in [2.45, 2.75) is 19.3 Å². The van der Waals surface area contributed by atoms with Crippen molar-refractivity contribution in [3.63, 3.8) is 0 Å². The minimum atomic E-state index is -0.457. The minimum Gasteiger partial charge on any atom is -0.507 e. The average molecular weight is 376 g/mol. The van der Waals surface area contributed by atoms with Gasteiger partial charge in [0.2, 0.25) is 0 Å². The summed E-state index contributed by atoms with van der Waals surface area (Å²) < 4.78 is 10.1. The maximum Gasteiger partial charge on any atom is 0.311 e. The van der Waals surface area contributed by atoms with Crippen LogP contribution in [-0.4, -0.2) is 36.2 Å². The molecule has 0 aromatic heterocycles. The lowest BCUT2D eigenvalue weighted by atomic mass is 10.2. The first-order valence-electron chi connectivity index (χ1n) is 8.19. The molecule has 0 spiro atoms. The van der Waals surface area contributed by atoms with Gasteiger partial charge in [-0.3, -0.25) is 9.59 Å². The van der Waals surface area contributed by atoms with Gasteiger partial charge in [0.1, 0.15) is 11.5 Å². The van der Waals surface area contributed by atoms with Crippen LogP contribution in [0, 0.1) is 0 Å². The molecule has 0 radical (unpaired) electrons. The molecule has 8 nitrogen and oxygen atoms in total. The first-order chi connectivity index (χ1) is 13.0. The number of carbonyl (C=O) groups excluding carboxylic acids is 2. The second-order valence-electron chi connectivity index (χ2n) is 5.51. The van der Waals surface area contributed by atoms with Crippen molar-refractivity contribution < 1.29 is 39.1 Å². The molecule has 0 bridgehead atoms. The predicted octanol–water partition coefficient (Wildman–Crippen LogP) is 3.01. The number of ether oxygens (including phenoxy) is 2. The quantitative estimate of drug-likeness (QED) is 0.163. The summed E-state index contributed by atoms with van der Waals surface area (Å²) in [7, 11) is 1.43. The van der Waals surface area contributed by atoms with Crippen LogP contribution in [0.15, 0.2) is 36.4 Å². The standard InChI is InChI=1S/C19H20O8/c1-24-18-11-15(6-8-17(18)22)27-25-9-3-2-4-19(23)26-14-5-7-16(21)13(10-14)12-20/h5-8,10-12,21-22H,2-4,9H2,1H3. The third-order valence-electron chi connectivity index (χ3n) is 3.52. The van der Waals surface area contributed by atoms with Crippen molar-refractivity contribution >= 4 is 12.3 Å². The van der Waals surface area contributed by atoms with Gasteiger partial charge >= 0.3 is 5.97 Å². The van der Waals surface area contributed by atoms with Gasteiger partial charge in [-0.2, -0.15) is 4.89 Å². The van der Waals surface area contributed by atoms with Gasteiger partial charge < -0.3 is 24.6 Å². The molecule has 0 fully saturated rings. The van der Waals surface area contributed by atoms with Crippen LogP contribution in [0.3, 0.4) is 0 Å². The topological polar surface area (TPSA) is 112 Å². The lowest BCUT2D eigenvalue weighted by Crippen LogP contribution is -2.08. The normalized spacial score (nSPS) is 10.3. The van der Waals surface area contributed by atoms with E-state index in [1.54, 1.807) is 0 Å². The summed E-state index contributed by atoms with van der Waals surface area (Å²) >= 11 is 0. The summed E-state index contributed by atoms with van der Waals surface area (Å²) in [5, 5.41) is 18.9. The summed E-state index contributed by atoms with van der Waals surface area (Å²) in [6, 6.07) is 8.42. The number of methoxy groups -OCH3 is 1. The molecular weight excluding hydrogens is 356 g/mol. The van der Waals surface area contributed by atoms with E-state index in [1.165, 1.54) is 43.5 Å². The molecular formula is C19H20O8. The molecule has 2 N–H and O–H groups in total. The number of benzene rings is 2. The van der Waals surface area contributed by atoms with Gasteiger partial charge in [-0.05, 0) is 43.2 Å². The zero-order valence-electron chi connectivity index (χ0n) is 14.7. The zero-order chi connectivity index (χ0) is 19.6. The lowest BCUT2D eigenvalue weighted by molar-refractivity contribution is -0.207. The fourth-order valence-electron chi connectivity index (χ4n) is 2.12. The van der Waals surface area contributed by atoms with E-state index in [0.717, 1.165) is 0 Å². The summed E-state index contributed by atoms with van der Waals surface area (Å²) in [4.78, 5) is 32.6. The van der Waals surface area contributed by atoms with E-state index < -0.39 is 5.97 Å². The van der Waals surface area contributed by atoms with Gasteiger partial charge in [0.05, 0.1) is 19.3 Å². The molecule has 2 aromatic rings. The molecule has 0 amide bonds. The van der Waals surface area contributed by atoms with Crippen molar-refractivity contribution in [1.29, 1.82) is 0 Å². The molecule has 0 atom stereocenters. The first-order valence-corrected chi connectivity index (χ1v) is 8.19. The van der Waals surface area contributed by atoms with Gasteiger partial charge in [-0.25, -0.2) is 0 Å². The third kappa shape index (κ3) is 6.19. The Kier molecular flexibility index (Phi) is 7.45. The SMILES string of the molecule is COc1cc(OOCCCCC(=O)Oc2ccc(O)c(C=O)c2)ccc1O. The van der Waals surface area contributed by atoms with Crippen molar-refractivity contribution in [1.82, 2.24) is 0 Å². The fourth-order valence-corrected chi connectivity index (χ4v) is 2.12. The average Bonchev–Trinajstić information content (AvgIpc) is 2.67. The number of hydrogen-bond acceptors (Lipinski definition) is 8. The van der Waals surface area contributed by atoms with Gasteiger partial charge in [0.15, 0.2) is 23.5 Å². The number of phenolic OH excluding ortho intramolecular Hbond substituents is 2. The van der Waals surface area contributed by atoms with Crippen LogP contribution in [-0.2, 0) is 9.68 Å². The van der Waals surface area contributed by atoms with Crippen LogP contribution in [0.4, 0.5) is 0 Å². The zero-order valence-corrected chi connectivity index (χ0v) is 14.7. The van der Waals surface area contributed by atoms with E-state index in [2.05, 4.69) is 0 Å². The maximum absolute atomic E-state index is 11.8. The van der Waals surface area contributed by atoms with E-state index in [-0.39, 0.29) is 41.6 Å². The van der Waals surface area contributed by atoms with Gasteiger partial charge in [-0.1, -0.05) is 0 Å². The van der Waals surface area contributed by atoms with Crippen molar-refractivity contribution in [2.75, 3.05) is 13.7 Å². The molecule has 27 heavy (non-hydrogen) atoms. The second-order valence-corrected chi connectivity index (χ2v) is 5.51. The maximum atomic E-state index is 11.8. The molecule has 0 saturated carbocycles. The van der Waals surface area contributed by atoms with Crippen LogP contribution in [0.1, 0.15) is 29.6 Å². The van der Waals surface area contributed by atoms with Gasteiger partial charge in [0.25, 0.3) is 0 Å². The van der Waals surface area contributed by atoms with Crippen molar-refractivity contribution in [3.8, 4) is 28.7 Å². The molecule has 2 aromatic carbocycles. The number of carbonyl (C=O) groups is 2. The monoisotopic (exact) mass is 376 g/mol. The van der Waals surface area contributed by atoms with Crippen molar-refractivity contribution in [2.24, 2.45) is 0 Å². The van der Waals surface area contributed by atoms with E-state index in [4.69, 9.17) is 19.2 Å². The largest absolute Gasteiger partial charge is 0.507 e. The van der Waals surface area contributed by atoms with Crippen LogP contribution in [0.25, 0.3) is 0 Å². The third-order valence-corrected chi connectivity index (χ3v) is 3.52. The summed E-state index contributed by atoms with van der Waals surface area (Å²) in [5.74, 6) is 0.209. The highest BCUT2D eigenvalue weighted by molar-refractivity contribution is 5.80. The van der Waals surface area contributed by atoms with Crippen LogP contribution >= 0.6 is 0 Å². The number of unbranched alkanes of at least 4 members (excludes halogenated alkanes) is 1. The summed E-state index contributed by atoms with van der Waals surface area (Å²) in [6.07, 6.45) is 1.71. The van der Waals surface area contributed by atoms with Gasteiger partial charge in [0, 0.05) is 12.5 Å². The van der Waals surface area contributed by atoms with Crippen LogP contribution in [0.5, 0.6) is 28.7 Å². The first kappa shape index (κ1) is 20.1. The van der Waals surface area contributed by atoms with E-state index in [9.17, 15) is 19.8 Å². The molecule has 0 aliphatic heterocycles. The Bertz CT molecular complexity index is 787. The Balaban J connectivity index is 1.65. The molecule has 0 aliphatic carbocycles. The van der Waals surface area contributed by atoms with E-state index in [0.29, 0.717) is 24.9 Å². The Morgan fingerprint density at radius 1 is 1.04 bits per heavy atom. The smallest absolute Gasteiger partial charge is 0.311 e. The molecule has 0 heterocycles. The molecule has 8 heteroatoms. The predicted molar refractivity (Wildman–Crippen MR) is 94.2 cm³/mol. The molecule has 0 saturated heterocycles. The Morgan fingerprint density at radius 3 is 2.52 bits per heavy atom. The highest BCUT2D eigenvalue weighted by Gasteiger charge is 2.08.